The fourth-order valence-corrected chi connectivity index (χ4v) is 2.45. The second-order valence-corrected chi connectivity index (χ2v) is 5.42. The van der Waals surface area contributed by atoms with Gasteiger partial charge >= 0.3 is 0 Å². The van der Waals surface area contributed by atoms with Crippen molar-refractivity contribution in [3.8, 4) is 0 Å². The van der Waals surface area contributed by atoms with Crippen molar-refractivity contribution in [1.82, 2.24) is 9.27 Å². The maximum absolute atomic E-state index is 5.71. The number of anilines is 2. The van der Waals surface area contributed by atoms with Crippen LogP contribution in [0.15, 0.2) is 0 Å². The number of hydrogen-bond donors (Lipinski definition) is 2. The van der Waals surface area contributed by atoms with Gasteiger partial charge in [-0.05, 0) is 45.3 Å². The van der Waals surface area contributed by atoms with Gasteiger partial charge in [-0.1, -0.05) is 0 Å². The lowest BCUT2D eigenvalue weighted by Crippen LogP contribution is -2.36. The minimum Gasteiger partial charge on any atom is -0.383 e. The molecule has 0 bridgehead atoms. The van der Waals surface area contributed by atoms with Crippen LogP contribution in [0, 0.1) is 6.92 Å². The van der Waals surface area contributed by atoms with E-state index in [1.807, 2.05) is 6.92 Å². The fraction of sp³-hybridized carbons (Fsp3) is 0.727. The third-order valence-electron chi connectivity index (χ3n) is 3.34. The number of nitrogens with zero attached hydrogens (tertiary/aromatic N) is 2. The smallest absolute Gasteiger partial charge is 0.142 e. The van der Waals surface area contributed by atoms with E-state index in [9.17, 15) is 0 Å². The van der Waals surface area contributed by atoms with Crippen LogP contribution in [0.5, 0.6) is 0 Å². The van der Waals surface area contributed by atoms with Crippen LogP contribution in [0.4, 0.5) is 10.8 Å². The van der Waals surface area contributed by atoms with Gasteiger partial charge in [0.25, 0.3) is 0 Å². The Bertz CT molecular complexity index is 359. The van der Waals surface area contributed by atoms with Gasteiger partial charge in [0, 0.05) is 24.2 Å². The van der Waals surface area contributed by atoms with Crippen LogP contribution in [-0.4, -0.2) is 34.9 Å². The van der Waals surface area contributed by atoms with Gasteiger partial charge < -0.3 is 11.1 Å². The Morgan fingerprint density at radius 3 is 2.81 bits per heavy atom. The Morgan fingerprint density at radius 1 is 1.62 bits per heavy atom. The van der Waals surface area contributed by atoms with Crippen LogP contribution in [-0.2, 0) is 0 Å². The quantitative estimate of drug-likeness (QED) is 0.825. The van der Waals surface area contributed by atoms with E-state index in [1.165, 1.54) is 24.4 Å². The monoisotopic (exact) mass is 240 g/mol. The number of likely N-dealkylation sites (N-methyl/N-ethyl adjacent to an activating group) is 1. The molecular weight excluding hydrogens is 220 g/mol. The van der Waals surface area contributed by atoms with E-state index in [1.54, 1.807) is 0 Å². The topological polar surface area (TPSA) is 54.2 Å². The summed E-state index contributed by atoms with van der Waals surface area (Å²) < 4.78 is 4.13. The lowest BCUT2D eigenvalue weighted by Gasteiger charge is -2.24. The SMILES string of the molecule is Cc1c(N)nsc1NCC(C)N(C)C1CC1. The molecule has 0 aromatic carbocycles. The zero-order valence-electron chi connectivity index (χ0n) is 10.2. The summed E-state index contributed by atoms with van der Waals surface area (Å²) in [6.07, 6.45) is 2.71. The summed E-state index contributed by atoms with van der Waals surface area (Å²) in [5, 5.41) is 4.54. The van der Waals surface area contributed by atoms with E-state index >= 15 is 0 Å². The van der Waals surface area contributed by atoms with Crippen LogP contribution in [0.25, 0.3) is 0 Å². The highest BCUT2D eigenvalue weighted by Crippen LogP contribution is 2.28. The minimum absolute atomic E-state index is 0.551. The van der Waals surface area contributed by atoms with Crippen molar-refractivity contribution >= 4 is 22.4 Å². The molecule has 1 aliphatic carbocycles. The predicted molar refractivity (Wildman–Crippen MR) is 70.0 cm³/mol. The van der Waals surface area contributed by atoms with E-state index < -0.39 is 0 Å². The van der Waals surface area contributed by atoms with Gasteiger partial charge in [-0.2, -0.15) is 4.37 Å². The molecule has 0 radical (unpaired) electrons. The van der Waals surface area contributed by atoms with Gasteiger partial charge in [-0.15, -0.1) is 0 Å². The number of nitrogens with two attached hydrogens (primary N) is 1. The molecule has 2 rings (SSSR count). The van der Waals surface area contributed by atoms with Crippen LogP contribution >= 0.6 is 11.5 Å². The minimum atomic E-state index is 0.551. The molecule has 1 saturated carbocycles. The highest BCUT2D eigenvalue weighted by Gasteiger charge is 2.28. The molecule has 1 atom stereocenters. The van der Waals surface area contributed by atoms with E-state index in [4.69, 9.17) is 5.73 Å². The third-order valence-corrected chi connectivity index (χ3v) is 4.26. The summed E-state index contributed by atoms with van der Waals surface area (Å²) >= 11 is 1.45. The van der Waals surface area contributed by atoms with Crippen molar-refractivity contribution in [1.29, 1.82) is 0 Å². The summed E-state index contributed by atoms with van der Waals surface area (Å²) in [4.78, 5) is 2.45. The lowest BCUT2D eigenvalue weighted by molar-refractivity contribution is 0.257. The fourth-order valence-electron chi connectivity index (χ4n) is 1.74. The van der Waals surface area contributed by atoms with Crippen LogP contribution in [0.2, 0.25) is 0 Å². The Balaban J connectivity index is 1.84. The first kappa shape index (κ1) is 11.7. The number of nitrogen functional groups attached to an aromatic ring is 1. The average Bonchev–Trinajstić information content (AvgIpc) is 3.06. The summed E-state index contributed by atoms with van der Waals surface area (Å²) in [5.41, 5.74) is 6.79. The van der Waals surface area contributed by atoms with Crippen molar-refractivity contribution in [3.05, 3.63) is 5.56 Å². The standard InChI is InChI=1S/C11H20N4S/c1-7(15(3)9-4-5-9)6-13-11-8(2)10(12)14-16-11/h7,9,13H,4-6H2,1-3H3,(H2,12,14). The first-order valence-electron chi connectivity index (χ1n) is 5.77. The van der Waals surface area contributed by atoms with Gasteiger partial charge in [0.05, 0.1) is 0 Å². The number of hydrogen-bond acceptors (Lipinski definition) is 5. The van der Waals surface area contributed by atoms with Crippen molar-refractivity contribution in [2.45, 2.75) is 38.8 Å². The largest absolute Gasteiger partial charge is 0.383 e. The number of aromatic nitrogens is 1. The van der Waals surface area contributed by atoms with Gasteiger partial charge in [-0.3, -0.25) is 4.90 Å². The Labute approximate surface area is 101 Å². The number of rotatable bonds is 5. The van der Waals surface area contributed by atoms with E-state index in [2.05, 4.69) is 28.6 Å². The molecule has 5 heteroatoms. The third kappa shape index (κ3) is 2.47. The Morgan fingerprint density at radius 2 is 2.31 bits per heavy atom. The van der Waals surface area contributed by atoms with Gasteiger partial charge in [0.1, 0.15) is 10.8 Å². The predicted octanol–water partition coefficient (Wildman–Crippen LogP) is 1.93. The normalized spacial score (nSPS) is 17.8. The molecule has 0 saturated heterocycles. The summed E-state index contributed by atoms with van der Waals surface area (Å²) in [6, 6.07) is 1.36. The zero-order chi connectivity index (χ0) is 11.7. The molecule has 1 heterocycles. The molecule has 90 valence electrons. The van der Waals surface area contributed by atoms with Crippen molar-refractivity contribution in [3.63, 3.8) is 0 Å². The molecule has 0 aliphatic heterocycles. The summed E-state index contributed by atoms with van der Waals surface area (Å²) in [7, 11) is 2.21. The highest BCUT2D eigenvalue weighted by atomic mass is 32.1. The van der Waals surface area contributed by atoms with Crippen molar-refractivity contribution < 1.29 is 0 Å². The molecular formula is C11H20N4S. The van der Waals surface area contributed by atoms with Crippen LogP contribution in [0.3, 0.4) is 0 Å². The Kier molecular flexibility index (Phi) is 3.35. The van der Waals surface area contributed by atoms with Crippen LogP contribution < -0.4 is 11.1 Å². The second kappa shape index (κ2) is 4.59. The maximum Gasteiger partial charge on any atom is 0.142 e. The molecule has 3 N–H and O–H groups in total. The molecule has 1 aromatic heterocycles. The maximum atomic E-state index is 5.71. The van der Waals surface area contributed by atoms with Gasteiger partial charge in [0.2, 0.25) is 0 Å². The molecule has 16 heavy (non-hydrogen) atoms. The first-order valence-corrected chi connectivity index (χ1v) is 6.54. The van der Waals surface area contributed by atoms with E-state index in [0.717, 1.165) is 23.2 Å². The lowest BCUT2D eigenvalue weighted by atomic mass is 10.3. The Hall–Kier alpha value is -0.810. The summed E-state index contributed by atoms with van der Waals surface area (Å²) in [6.45, 7) is 5.22. The van der Waals surface area contributed by atoms with Crippen molar-refractivity contribution in [2.75, 3.05) is 24.6 Å². The summed E-state index contributed by atoms with van der Waals surface area (Å²) in [5.74, 6) is 0.649. The highest BCUT2D eigenvalue weighted by molar-refractivity contribution is 7.10. The van der Waals surface area contributed by atoms with E-state index in [0.29, 0.717) is 11.9 Å². The second-order valence-electron chi connectivity index (χ2n) is 4.65. The van der Waals surface area contributed by atoms with E-state index in [-0.39, 0.29) is 0 Å². The molecule has 4 nitrogen and oxygen atoms in total. The molecule has 1 fully saturated rings. The first-order chi connectivity index (χ1) is 7.59. The number of nitrogens with one attached hydrogen (secondary N) is 1. The molecule has 0 amide bonds. The van der Waals surface area contributed by atoms with Gasteiger partial charge in [0.15, 0.2) is 0 Å². The average molecular weight is 240 g/mol. The molecule has 1 unspecified atom stereocenters. The molecule has 1 aromatic rings. The zero-order valence-corrected chi connectivity index (χ0v) is 11.0. The molecule has 1 aliphatic rings. The van der Waals surface area contributed by atoms with Crippen molar-refractivity contribution in [2.24, 2.45) is 0 Å². The van der Waals surface area contributed by atoms with Gasteiger partial charge in [-0.25, -0.2) is 0 Å². The molecule has 0 spiro atoms. The van der Waals surface area contributed by atoms with Crippen LogP contribution in [0.1, 0.15) is 25.3 Å².